The Morgan fingerprint density at radius 1 is 1.18 bits per heavy atom. The van der Waals surface area contributed by atoms with E-state index in [1.165, 1.54) is 0 Å². The normalized spacial score (nSPS) is 21.6. The molecule has 1 aliphatic carbocycles. The van der Waals surface area contributed by atoms with Gasteiger partial charge in [-0.1, -0.05) is 35.3 Å². The topological polar surface area (TPSA) is 102 Å². The van der Waals surface area contributed by atoms with Gasteiger partial charge in [0.15, 0.2) is 5.78 Å². The molecular weight excluding hydrogens is 477 g/mol. The molecule has 9 heteroatoms. The number of para-hydroxylation sites is 1. The minimum atomic E-state index is -1.78. The number of Topliss-reactive ketones (excluding diaryl/α,β-unsaturated/α-hetero) is 1. The number of hydrogen-bond acceptors (Lipinski definition) is 6. The number of esters is 1. The number of fused-ring (bicyclic) bond motifs is 3. The molecule has 0 saturated heterocycles. The van der Waals surface area contributed by atoms with E-state index >= 15 is 0 Å². The van der Waals surface area contributed by atoms with Crippen molar-refractivity contribution in [1.29, 1.82) is 0 Å². The molecule has 174 valence electrons. The molecule has 1 amide bonds. The number of rotatable bonds is 3. The maximum atomic E-state index is 13.8. The van der Waals surface area contributed by atoms with Gasteiger partial charge in [-0.05, 0) is 50.1 Å². The van der Waals surface area contributed by atoms with Gasteiger partial charge in [0, 0.05) is 34.0 Å². The number of allylic oxidation sites excluding steroid dienone is 1. The van der Waals surface area contributed by atoms with Crippen LogP contribution in [0.5, 0.6) is 0 Å². The van der Waals surface area contributed by atoms with E-state index in [1.54, 1.807) is 54.3 Å². The second-order valence-corrected chi connectivity index (χ2v) is 9.10. The lowest BCUT2D eigenvalue weighted by atomic mass is 9.63. The van der Waals surface area contributed by atoms with Gasteiger partial charge in [-0.2, -0.15) is 0 Å². The third-order valence-electron chi connectivity index (χ3n) is 6.45. The summed E-state index contributed by atoms with van der Waals surface area (Å²) in [6.07, 6.45) is 1.27. The fraction of sp³-hybridized carbons (Fsp3) is 0.240. The zero-order valence-corrected chi connectivity index (χ0v) is 19.8. The number of anilines is 2. The first-order valence-electron chi connectivity index (χ1n) is 10.9. The van der Waals surface area contributed by atoms with E-state index in [2.05, 4.69) is 5.32 Å². The summed E-state index contributed by atoms with van der Waals surface area (Å²) in [5.74, 6) is -1.58. The van der Waals surface area contributed by atoms with Crippen molar-refractivity contribution in [2.24, 2.45) is 5.73 Å². The minimum Gasteiger partial charge on any atom is -0.462 e. The van der Waals surface area contributed by atoms with E-state index in [1.807, 2.05) is 0 Å². The fourth-order valence-corrected chi connectivity index (χ4v) is 5.58. The van der Waals surface area contributed by atoms with E-state index in [0.29, 0.717) is 45.5 Å². The molecule has 34 heavy (non-hydrogen) atoms. The summed E-state index contributed by atoms with van der Waals surface area (Å²) in [5, 5.41) is 3.57. The molecule has 1 spiro atoms. The van der Waals surface area contributed by atoms with Crippen molar-refractivity contribution in [2.75, 3.05) is 16.8 Å². The Morgan fingerprint density at radius 2 is 1.94 bits per heavy atom. The highest BCUT2D eigenvalue weighted by Gasteiger charge is 2.62. The molecule has 3 N–H and O–H groups in total. The van der Waals surface area contributed by atoms with Gasteiger partial charge < -0.3 is 15.8 Å². The van der Waals surface area contributed by atoms with Crippen molar-refractivity contribution in [1.82, 2.24) is 0 Å². The first kappa shape index (κ1) is 22.5. The van der Waals surface area contributed by atoms with Gasteiger partial charge in [-0.3, -0.25) is 14.5 Å². The molecule has 1 unspecified atom stereocenters. The Labute approximate surface area is 206 Å². The predicted molar refractivity (Wildman–Crippen MR) is 129 cm³/mol. The van der Waals surface area contributed by atoms with Crippen LogP contribution < -0.4 is 16.0 Å². The Kier molecular flexibility index (Phi) is 5.41. The van der Waals surface area contributed by atoms with Crippen LogP contribution in [-0.2, 0) is 24.5 Å². The van der Waals surface area contributed by atoms with Crippen molar-refractivity contribution >= 4 is 52.2 Å². The zero-order valence-electron chi connectivity index (χ0n) is 18.3. The summed E-state index contributed by atoms with van der Waals surface area (Å²) < 4.78 is 5.38. The van der Waals surface area contributed by atoms with E-state index in [0.717, 1.165) is 0 Å². The van der Waals surface area contributed by atoms with Crippen LogP contribution in [0.15, 0.2) is 65.1 Å². The van der Waals surface area contributed by atoms with E-state index < -0.39 is 17.3 Å². The number of amides is 1. The van der Waals surface area contributed by atoms with Crippen LogP contribution in [-0.4, -0.2) is 24.3 Å². The van der Waals surface area contributed by atoms with Gasteiger partial charge in [0.25, 0.3) is 0 Å². The lowest BCUT2D eigenvalue weighted by Crippen LogP contribution is -2.53. The zero-order chi connectivity index (χ0) is 24.2. The number of nitrogens with two attached hydrogens (primary N) is 1. The number of benzene rings is 2. The van der Waals surface area contributed by atoms with Crippen LogP contribution >= 0.6 is 23.2 Å². The molecular formula is C25H21Cl2N3O4. The lowest BCUT2D eigenvalue weighted by Gasteiger charge is -2.44. The van der Waals surface area contributed by atoms with Crippen LogP contribution in [0.25, 0.3) is 0 Å². The summed E-state index contributed by atoms with van der Waals surface area (Å²) in [6, 6.07) is 11.9. The van der Waals surface area contributed by atoms with Gasteiger partial charge in [0.05, 0.1) is 17.3 Å². The maximum absolute atomic E-state index is 13.8. The molecule has 2 aromatic carbocycles. The number of nitrogens with one attached hydrogen (secondary N) is 1. The molecule has 0 saturated carbocycles. The van der Waals surface area contributed by atoms with Gasteiger partial charge in [0.2, 0.25) is 5.91 Å². The molecule has 0 fully saturated rings. The molecule has 5 rings (SSSR count). The van der Waals surface area contributed by atoms with Crippen LogP contribution in [0.1, 0.15) is 31.7 Å². The molecule has 1 atom stereocenters. The Bertz CT molecular complexity index is 1330. The number of nitrogens with zero attached hydrogens (tertiary/aromatic N) is 1. The monoisotopic (exact) mass is 497 g/mol. The van der Waals surface area contributed by atoms with Crippen molar-refractivity contribution < 1.29 is 19.1 Å². The second kappa shape index (κ2) is 8.18. The van der Waals surface area contributed by atoms with Gasteiger partial charge in [-0.25, -0.2) is 4.79 Å². The minimum absolute atomic E-state index is 0.0111. The van der Waals surface area contributed by atoms with E-state index in [-0.39, 0.29) is 35.8 Å². The smallest absolute Gasteiger partial charge is 0.339 e. The molecule has 3 aliphatic rings. The SMILES string of the molecule is CCOC(=O)C1=C(N)N(c2ccccc2Cl)C2=C(C(=O)CCC2)C12C(=O)Nc1ccc(Cl)cc12. The first-order chi connectivity index (χ1) is 16.3. The van der Waals surface area contributed by atoms with Gasteiger partial charge >= 0.3 is 5.97 Å². The van der Waals surface area contributed by atoms with Crippen LogP contribution in [0.4, 0.5) is 11.4 Å². The molecule has 0 bridgehead atoms. The first-order valence-corrected chi connectivity index (χ1v) is 11.7. The van der Waals surface area contributed by atoms with Crippen LogP contribution in [0.3, 0.4) is 0 Å². The average molecular weight is 498 g/mol. The summed E-state index contributed by atoms with van der Waals surface area (Å²) in [4.78, 5) is 42.5. The standard InChI is InChI=1S/C25H21Cl2N3O4/c1-2-34-23(32)21-22(28)30(17-7-4-3-6-15(17)27)18-8-5-9-19(31)20(18)25(21)14-12-13(26)10-11-16(14)29-24(25)33/h3-4,6-7,10-12H,2,5,8-9,28H2,1H3,(H,29,33). The number of hydrogen-bond donors (Lipinski definition) is 2. The molecule has 2 heterocycles. The molecule has 0 radical (unpaired) electrons. The van der Waals surface area contributed by atoms with Crippen molar-refractivity contribution in [3.05, 3.63) is 80.7 Å². The Morgan fingerprint density at radius 3 is 2.68 bits per heavy atom. The molecule has 2 aliphatic heterocycles. The molecule has 2 aromatic rings. The number of ether oxygens (including phenoxy) is 1. The third kappa shape index (κ3) is 3.00. The third-order valence-corrected chi connectivity index (χ3v) is 7.00. The van der Waals surface area contributed by atoms with Crippen molar-refractivity contribution in [2.45, 2.75) is 31.6 Å². The number of halogens is 2. The lowest BCUT2D eigenvalue weighted by molar-refractivity contribution is -0.140. The Balaban J connectivity index is 1.92. The second-order valence-electron chi connectivity index (χ2n) is 8.26. The van der Waals surface area contributed by atoms with Crippen molar-refractivity contribution in [3.63, 3.8) is 0 Å². The van der Waals surface area contributed by atoms with E-state index in [9.17, 15) is 14.4 Å². The summed E-state index contributed by atoms with van der Waals surface area (Å²) in [5.41, 5.74) is 6.91. The fourth-order valence-electron chi connectivity index (χ4n) is 5.19. The van der Waals surface area contributed by atoms with Gasteiger partial charge in [0.1, 0.15) is 16.8 Å². The quantitative estimate of drug-likeness (QED) is 0.607. The highest BCUT2D eigenvalue weighted by Crippen LogP contribution is 2.56. The van der Waals surface area contributed by atoms with Crippen LogP contribution in [0, 0.1) is 0 Å². The van der Waals surface area contributed by atoms with Crippen LogP contribution in [0.2, 0.25) is 10.0 Å². The highest BCUT2D eigenvalue weighted by molar-refractivity contribution is 6.34. The summed E-state index contributed by atoms with van der Waals surface area (Å²) in [7, 11) is 0. The average Bonchev–Trinajstić information content (AvgIpc) is 3.07. The van der Waals surface area contributed by atoms with Gasteiger partial charge in [-0.15, -0.1) is 0 Å². The number of carbonyl (C=O) groups excluding carboxylic acids is 3. The summed E-state index contributed by atoms with van der Waals surface area (Å²) >= 11 is 12.8. The molecule has 7 nitrogen and oxygen atoms in total. The Hall–Kier alpha value is -3.29. The number of ketones is 1. The maximum Gasteiger partial charge on any atom is 0.339 e. The van der Waals surface area contributed by atoms with E-state index in [4.69, 9.17) is 33.7 Å². The van der Waals surface area contributed by atoms with Crippen molar-refractivity contribution in [3.8, 4) is 0 Å². The highest BCUT2D eigenvalue weighted by atomic mass is 35.5. The molecule has 0 aromatic heterocycles. The predicted octanol–water partition coefficient (Wildman–Crippen LogP) is 4.44. The summed E-state index contributed by atoms with van der Waals surface area (Å²) in [6.45, 7) is 1.72. The largest absolute Gasteiger partial charge is 0.462 e. The number of carbonyl (C=O) groups is 3.